The molecular weight excluding hydrogens is 228 g/mol. The molecule has 0 heteroatoms. The lowest BCUT2D eigenvalue weighted by atomic mass is 9.96. The number of hydrogen-bond acceptors (Lipinski definition) is 0. The first kappa shape index (κ1) is 12.2. The van der Waals surface area contributed by atoms with E-state index in [1.54, 1.807) is 0 Å². The molecule has 0 nitrogen and oxygen atoms in total. The van der Waals surface area contributed by atoms with Gasteiger partial charge in [-0.1, -0.05) is 74.0 Å². The molecule has 1 unspecified atom stereocenters. The fraction of sp³-hybridized carbons (Fsp3) is 0.211. The Labute approximate surface area is 115 Å². The maximum atomic E-state index is 2.37. The summed E-state index contributed by atoms with van der Waals surface area (Å²) in [6.45, 7) is 4.55. The van der Waals surface area contributed by atoms with E-state index in [1.807, 2.05) is 0 Å². The number of allylic oxidation sites excluding steroid dienone is 1. The highest BCUT2D eigenvalue weighted by atomic mass is 14.2. The quantitative estimate of drug-likeness (QED) is 0.686. The van der Waals surface area contributed by atoms with Crippen molar-refractivity contribution in [2.45, 2.75) is 20.3 Å². The second-order valence-corrected chi connectivity index (χ2v) is 5.27. The average Bonchev–Trinajstić information content (AvgIpc) is 2.91. The van der Waals surface area contributed by atoms with Crippen LogP contribution >= 0.6 is 0 Å². The predicted molar refractivity (Wildman–Crippen MR) is 82.7 cm³/mol. The summed E-state index contributed by atoms with van der Waals surface area (Å²) in [6, 6.07) is 17.2. The van der Waals surface area contributed by atoms with Crippen molar-refractivity contribution in [3.05, 3.63) is 71.7 Å². The molecule has 0 bridgehead atoms. The van der Waals surface area contributed by atoms with E-state index in [4.69, 9.17) is 0 Å². The van der Waals surface area contributed by atoms with Crippen molar-refractivity contribution in [3.63, 3.8) is 0 Å². The van der Waals surface area contributed by atoms with Gasteiger partial charge in [-0.2, -0.15) is 0 Å². The predicted octanol–water partition coefficient (Wildman–Crippen LogP) is 5.35. The minimum absolute atomic E-state index is 0.635. The SMILES string of the molecule is CCC(C)C1=Cc2c(cccc2-c2ccccc2)[CH]1. The van der Waals surface area contributed by atoms with Gasteiger partial charge in [-0.15, -0.1) is 0 Å². The van der Waals surface area contributed by atoms with Crippen LogP contribution in [0.5, 0.6) is 0 Å². The van der Waals surface area contributed by atoms with Gasteiger partial charge in [0.1, 0.15) is 0 Å². The number of rotatable bonds is 3. The summed E-state index contributed by atoms with van der Waals surface area (Å²) in [7, 11) is 0. The molecule has 0 amide bonds. The van der Waals surface area contributed by atoms with Gasteiger partial charge in [0.05, 0.1) is 0 Å². The first-order valence-electron chi connectivity index (χ1n) is 7.04. The largest absolute Gasteiger partial charge is 0.0648 e. The van der Waals surface area contributed by atoms with E-state index < -0.39 is 0 Å². The summed E-state index contributed by atoms with van der Waals surface area (Å²) >= 11 is 0. The molecule has 0 fully saturated rings. The summed E-state index contributed by atoms with van der Waals surface area (Å²) in [5.41, 5.74) is 6.84. The van der Waals surface area contributed by atoms with Crippen LogP contribution in [0.1, 0.15) is 31.4 Å². The van der Waals surface area contributed by atoms with Crippen LogP contribution in [0.2, 0.25) is 0 Å². The van der Waals surface area contributed by atoms with Gasteiger partial charge in [0.25, 0.3) is 0 Å². The Kier molecular flexibility index (Phi) is 3.25. The smallest absolute Gasteiger partial charge is 0.0167 e. The first-order valence-corrected chi connectivity index (χ1v) is 7.04. The highest BCUT2D eigenvalue weighted by Crippen LogP contribution is 2.37. The van der Waals surface area contributed by atoms with Gasteiger partial charge in [-0.05, 0) is 34.6 Å². The molecule has 0 N–H and O–H groups in total. The minimum Gasteiger partial charge on any atom is -0.0648 e. The fourth-order valence-electron chi connectivity index (χ4n) is 2.65. The van der Waals surface area contributed by atoms with E-state index >= 15 is 0 Å². The van der Waals surface area contributed by atoms with Crippen molar-refractivity contribution in [1.82, 2.24) is 0 Å². The monoisotopic (exact) mass is 247 g/mol. The summed E-state index contributed by atoms with van der Waals surface area (Å²) in [5, 5.41) is 0. The molecule has 0 aromatic heterocycles. The molecule has 1 radical (unpaired) electrons. The molecule has 3 rings (SSSR count). The van der Waals surface area contributed by atoms with Gasteiger partial charge in [0.15, 0.2) is 0 Å². The van der Waals surface area contributed by atoms with Crippen LogP contribution in [0.3, 0.4) is 0 Å². The van der Waals surface area contributed by atoms with E-state index in [0.29, 0.717) is 5.92 Å². The molecular formula is C19H19. The fourth-order valence-corrected chi connectivity index (χ4v) is 2.65. The number of fused-ring (bicyclic) bond motifs is 1. The zero-order valence-electron chi connectivity index (χ0n) is 11.6. The third kappa shape index (κ3) is 2.23. The highest BCUT2D eigenvalue weighted by molar-refractivity contribution is 5.83. The molecule has 0 aliphatic heterocycles. The molecule has 0 spiro atoms. The lowest BCUT2D eigenvalue weighted by Gasteiger charge is -2.08. The van der Waals surface area contributed by atoms with Gasteiger partial charge in [-0.25, -0.2) is 0 Å². The van der Waals surface area contributed by atoms with Crippen LogP contribution in [0, 0.1) is 12.3 Å². The van der Waals surface area contributed by atoms with Gasteiger partial charge >= 0.3 is 0 Å². The molecule has 0 saturated heterocycles. The molecule has 1 atom stereocenters. The Morgan fingerprint density at radius 1 is 0.947 bits per heavy atom. The first-order chi connectivity index (χ1) is 9.29. The lowest BCUT2D eigenvalue weighted by Crippen LogP contribution is -1.95. The second kappa shape index (κ2) is 5.05. The van der Waals surface area contributed by atoms with Crippen molar-refractivity contribution >= 4 is 6.08 Å². The zero-order valence-corrected chi connectivity index (χ0v) is 11.6. The molecule has 95 valence electrons. The lowest BCUT2D eigenvalue weighted by molar-refractivity contribution is 0.669. The summed E-state index contributed by atoms with van der Waals surface area (Å²) in [4.78, 5) is 0. The summed E-state index contributed by atoms with van der Waals surface area (Å²) in [6.07, 6.45) is 5.90. The zero-order chi connectivity index (χ0) is 13.2. The molecule has 1 aliphatic rings. The molecule has 2 aromatic rings. The molecule has 0 saturated carbocycles. The average molecular weight is 247 g/mol. The van der Waals surface area contributed by atoms with E-state index in [-0.39, 0.29) is 0 Å². The third-order valence-corrected chi connectivity index (χ3v) is 4.04. The maximum absolute atomic E-state index is 2.37. The Bertz CT molecular complexity index is 605. The van der Waals surface area contributed by atoms with E-state index in [9.17, 15) is 0 Å². The normalized spacial score (nSPS) is 14.9. The van der Waals surface area contributed by atoms with E-state index in [1.165, 1.54) is 34.2 Å². The molecule has 1 aliphatic carbocycles. The Morgan fingerprint density at radius 3 is 2.47 bits per heavy atom. The summed E-state index contributed by atoms with van der Waals surface area (Å²) in [5.74, 6) is 0.635. The number of hydrogen-bond donors (Lipinski definition) is 0. The molecule has 0 heterocycles. The van der Waals surface area contributed by atoms with Crippen LogP contribution in [0.15, 0.2) is 54.1 Å². The van der Waals surface area contributed by atoms with Gasteiger partial charge in [0.2, 0.25) is 0 Å². The van der Waals surface area contributed by atoms with Crippen LogP contribution in [0.4, 0.5) is 0 Å². The van der Waals surface area contributed by atoms with Crippen LogP contribution in [-0.2, 0) is 0 Å². The summed E-state index contributed by atoms with van der Waals surface area (Å²) < 4.78 is 0. The van der Waals surface area contributed by atoms with Crippen molar-refractivity contribution in [2.75, 3.05) is 0 Å². The molecule has 2 aromatic carbocycles. The Morgan fingerprint density at radius 2 is 1.74 bits per heavy atom. The molecule has 19 heavy (non-hydrogen) atoms. The van der Waals surface area contributed by atoms with Gasteiger partial charge in [0, 0.05) is 6.42 Å². The second-order valence-electron chi connectivity index (χ2n) is 5.27. The minimum atomic E-state index is 0.635. The van der Waals surface area contributed by atoms with E-state index in [2.05, 4.69) is 74.9 Å². The van der Waals surface area contributed by atoms with Gasteiger partial charge < -0.3 is 0 Å². The van der Waals surface area contributed by atoms with Gasteiger partial charge in [-0.3, -0.25) is 0 Å². The van der Waals surface area contributed by atoms with Crippen LogP contribution in [0.25, 0.3) is 17.2 Å². The van der Waals surface area contributed by atoms with Crippen molar-refractivity contribution < 1.29 is 0 Å². The van der Waals surface area contributed by atoms with Crippen molar-refractivity contribution in [3.8, 4) is 11.1 Å². The third-order valence-electron chi connectivity index (χ3n) is 4.04. The number of benzene rings is 2. The standard InChI is InChI=1S/C19H19/c1-3-14(2)17-12-16-10-7-11-18(19(16)13-17)15-8-5-4-6-9-15/h4-14H,3H2,1-2H3. The maximum Gasteiger partial charge on any atom is 0.0167 e. The Hall–Kier alpha value is -1.82. The highest BCUT2D eigenvalue weighted by Gasteiger charge is 2.19. The van der Waals surface area contributed by atoms with Crippen molar-refractivity contribution in [2.24, 2.45) is 5.92 Å². The van der Waals surface area contributed by atoms with Crippen molar-refractivity contribution in [1.29, 1.82) is 0 Å². The van der Waals surface area contributed by atoms with Crippen LogP contribution in [-0.4, -0.2) is 0 Å². The Balaban J connectivity index is 2.07. The topological polar surface area (TPSA) is 0 Å². The van der Waals surface area contributed by atoms with E-state index in [0.717, 1.165) is 0 Å². The van der Waals surface area contributed by atoms with Crippen LogP contribution < -0.4 is 0 Å².